The van der Waals surface area contributed by atoms with Crippen molar-refractivity contribution in [2.45, 2.75) is 26.2 Å². The fraction of sp³-hybridized carbons (Fsp3) is 0.600. The van der Waals surface area contributed by atoms with Crippen molar-refractivity contribution in [3.05, 3.63) is 17.5 Å². The number of nitrogens with zero attached hydrogens (tertiary/aromatic N) is 3. The van der Waals surface area contributed by atoms with E-state index in [1.807, 2.05) is 0 Å². The maximum Gasteiger partial charge on any atom is 0.311 e. The van der Waals surface area contributed by atoms with Gasteiger partial charge in [-0.25, -0.2) is 9.97 Å². The van der Waals surface area contributed by atoms with Crippen LogP contribution in [0.1, 0.15) is 35.3 Å². The molecule has 0 bridgehead atoms. The minimum atomic E-state index is -0.966. The number of aryl methyl sites for hydroxylation is 1. The van der Waals surface area contributed by atoms with Crippen molar-refractivity contribution in [2.24, 2.45) is 5.41 Å². The molecule has 1 aromatic heterocycles. The molecule has 0 spiro atoms. The lowest BCUT2D eigenvalue weighted by molar-refractivity contribution is -0.153. The number of piperidine rings is 1. The first kappa shape index (κ1) is 17.1. The number of amides is 1. The van der Waals surface area contributed by atoms with E-state index < -0.39 is 11.4 Å². The number of aliphatic carboxylic acids is 1. The second-order valence-electron chi connectivity index (χ2n) is 5.89. The maximum atomic E-state index is 12.7. The molecule has 1 fully saturated rings. The van der Waals surface area contributed by atoms with Crippen LogP contribution in [-0.4, -0.2) is 58.7 Å². The number of nitrogens with two attached hydrogens (primary N) is 1. The molecule has 2 heterocycles. The summed E-state index contributed by atoms with van der Waals surface area (Å²) in [5.41, 5.74) is 5.38. The van der Waals surface area contributed by atoms with Crippen LogP contribution in [0.2, 0.25) is 0 Å². The minimum absolute atomic E-state index is 0.109. The second kappa shape index (κ2) is 6.91. The lowest BCUT2D eigenvalue weighted by Gasteiger charge is -2.40. The molecular formula is C15H22N4O4. The van der Waals surface area contributed by atoms with E-state index >= 15 is 0 Å². The van der Waals surface area contributed by atoms with Crippen LogP contribution >= 0.6 is 0 Å². The Labute approximate surface area is 134 Å². The zero-order valence-corrected chi connectivity index (χ0v) is 13.4. The molecule has 1 atom stereocenters. The van der Waals surface area contributed by atoms with Gasteiger partial charge in [0.2, 0.25) is 5.95 Å². The summed E-state index contributed by atoms with van der Waals surface area (Å²) in [6.07, 6.45) is 2.94. The Hall–Kier alpha value is -2.22. The van der Waals surface area contributed by atoms with Crippen molar-refractivity contribution in [3.63, 3.8) is 0 Å². The summed E-state index contributed by atoms with van der Waals surface area (Å²) in [4.78, 5) is 33.9. The van der Waals surface area contributed by atoms with Crippen molar-refractivity contribution in [2.75, 3.05) is 32.5 Å². The van der Waals surface area contributed by atoms with Gasteiger partial charge in [0, 0.05) is 33.0 Å². The van der Waals surface area contributed by atoms with Gasteiger partial charge >= 0.3 is 5.97 Å². The zero-order valence-electron chi connectivity index (χ0n) is 13.4. The highest BCUT2D eigenvalue weighted by molar-refractivity contribution is 5.95. The number of hydrogen-bond donors (Lipinski definition) is 2. The first-order valence-corrected chi connectivity index (χ1v) is 7.50. The van der Waals surface area contributed by atoms with Crippen LogP contribution in [0.4, 0.5) is 5.95 Å². The molecule has 1 amide bonds. The molecule has 8 nitrogen and oxygen atoms in total. The summed E-state index contributed by atoms with van der Waals surface area (Å²) < 4.78 is 5.03. The van der Waals surface area contributed by atoms with Crippen LogP contribution < -0.4 is 5.73 Å². The third-order valence-electron chi connectivity index (χ3n) is 4.33. The topological polar surface area (TPSA) is 119 Å². The summed E-state index contributed by atoms with van der Waals surface area (Å²) in [5, 5.41) is 9.64. The molecule has 1 aromatic rings. The normalized spacial score (nSPS) is 21.2. The predicted octanol–water partition coefficient (Wildman–Crippen LogP) is 0.711. The van der Waals surface area contributed by atoms with Crippen LogP contribution in [0, 0.1) is 12.3 Å². The lowest BCUT2D eigenvalue weighted by Crippen LogP contribution is -2.50. The fourth-order valence-corrected chi connectivity index (χ4v) is 2.95. The van der Waals surface area contributed by atoms with Crippen LogP contribution in [0.15, 0.2) is 6.20 Å². The SMILES string of the molecule is COCCC1(C(=O)O)CCCN(C(=O)c2cnc(N)nc2C)C1. The van der Waals surface area contributed by atoms with E-state index in [2.05, 4.69) is 9.97 Å². The van der Waals surface area contributed by atoms with E-state index in [4.69, 9.17) is 10.5 Å². The third kappa shape index (κ3) is 3.58. The van der Waals surface area contributed by atoms with E-state index in [1.165, 1.54) is 13.3 Å². The molecule has 0 radical (unpaired) electrons. The molecule has 8 heteroatoms. The predicted molar refractivity (Wildman–Crippen MR) is 82.9 cm³/mol. The number of hydrogen-bond acceptors (Lipinski definition) is 6. The Balaban J connectivity index is 2.22. The Morgan fingerprint density at radius 3 is 2.87 bits per heavy atom. The number of carboxylic acids is 1. The van der Waals surface area contributed by atoms with Gasteiger partial charge in [-0.1, -0.05) is 0 Å². The molecule has 1 aliphatic heterocycles. The quantitative estimate of drug-likeness (QED) is 0.819. The van der Waals surface area contributed by atoms with Crippen LogP contribution in [-0.2, 0) is 9.53 Å². The number of rotatable bonds is 5. The Kier molecular flexibility index (Phi) is 5.15. The number of carbonyl (C=O) groups excluding carboxylic acids is 1. The van der Waals surface area contributed by atoms with Crippen molar-refractivity contribution >= 4 is 17.8 Å². The van der Waals surface area contributed by atoms with Crippen LogP contribution in [0.3, 0.4) is 0 Å². The minimum Gasteiger partial charge on any atom is -0.481 e. The Morgan fingerprint density at radius 1 is 1.52 bits per heavy atom. The van der Waals surface area contributed by atoms with Crippen molar-refractivity contribution < 1.29 is 19.4 Å². The molecule has 1 saturated heterocycles. The average Bonchev–Trinajstić information content (AvgIpc) is 2.52. The number of ether oxygens (including phenoxy) is 1. The van der Waals surface area contributed by atoms with Gasteiger partial charge in [-0.05, 0) is 26.2 Å². The number of aromatic nitrogens is 2. The molecule has 0 saturated carbocycles. The third-order valence-corrected chi connectivity index (χ3v) is 4.33. The largest absolute Gasteiger partial charge is 0.481 e. The highest BCUT2D eigenvalue weighted by Gasteiger charge is 2.43. The summed E-state index contributed by atoms with van der Waals surface area (Å²) in [7, 11) is 1.54. The first-order valence-electron chi connectivity index (χ1n) is 7.50. The number of carbonyl (C=O) groups is 2. The summed E-state index contributed by atoms with van der Waals surface area (Å²) >= 11 is 0. The molecule has 1 unspecified atom stereocenters. The van der Waals surface area contributed by atoms with Gasteiger partial charge < -0.3 is 20.5 Å². The molecule has 2 rings (SSSR count). The molecule has 0 aliphatic carbocycles. The first-order chi connectivity index (χ1) is 10.9. The summed E-state index contributed by atoms with van der Waals surface area (Å²) in [6.45, 7) is 2.71. The zero-order chi connectivity index (χ0) is 17.0. The molecule has 0 aromatic carbocycles. The second-order valence-corrected chi connectivity index (χ2v) is 5.89. The highest BCUT2D eigenvalue weighted by Crippen LogP contribution is 2.34. The molecule has 3 N–H and O–H groups in total. The van der Waals surface area contributed by atoms with Crippen LogP contribution in [0.25, 0.3) is 0 Å². The summed E-state index contributed by atoms with van der Waals surface area (Å²) in [5.74, 6) is -1.04. The number of anilines is 1. The van der Waals surface area contributed by atoms with Crippen molar-refractivity contribution in [1.82, 2.24) is 14.9 Å². The van der Waals surface area contributed by atoms with E-state index in [-0.39, 0.29) is 18.4 Å². The maximum absolute atomic E-state index is 12.7. The fourth-order valence-electron chi connectivity index (χ4n) is 2.95. The van der Waals surface area contributed by atoms with Crippen LogP contribution in [0.5, 0.6) is 0 Å². The van der Waals surface area contributed by atoms with Gasteiger partial charge in [-0.15, -0.1) is 0 Å². The molecule has 1 aliphatic rings. The monoisotopic (exact) mass is 322 g/mol. The molecule has 23 heavy (non-hydrogen) atoms. The number of carboxylic acid groups (broad SMARTS) is 1. The number of methoxy groups -OCH3 is 1. The summed E-state index contributed by atoms with van der Waals surface area (Å²) in [6, 6.07) is 0. The molecular weight excluding hydrogens is 300 g/mol. The van der Waals surface area contributed by atoms with Crippen molar-refractivity contribution in [1.29, 1.82) is 0 Å². The van der Waals surface area contributed by atoms with E-state index in [9.17, 15) is 14.7 Å². The standard InChI is InChI=1S/C15H22N4O4/c1-10-11(8-17-14(16)18-10)12(20)19-6-3-4-15(9-19,13(21)22)5-7-23-2/h8H,3-7,9H2,1-2H3,(H,21,22)(H2,16,17,18). The van der Waals surface area contributed by atoms with Gasteiger partial charge in [0.1, 0.15) is 0 Å². The van der Waals surface area contributed by atoms with Gasteiger partial charge in [0.05, 0.1) is 16.7 Å². The van der Waals surface area contributed by atoms with E-state index in [1.54, 1.807) is 11.8 Å². The van der Waals surface area contributed by atoms with Gasteiger partial charge in [-0.2, -0.15) is 0 Å². The smallest absolute Gasteiger partial charge is 0.311 e. The lowest BCUT2D eigenvalue weighted by atomic mass is 9.77. The highest BCUT2D eigenvalue weighted by atomic mass is 16.5. The number of nitrogen functional groups attached to an aromatic ring is 1. The van der Waals surface area contributed by atoms with Gasteiger partial charge in [0.25, 0.3) is 5.91 Å². The Bertz CT molecular complexity index is 607. The van der Waals surface area contributed by atoms with E-state index in [0.717, 1.165) is 0 Å². The average molecular weight is 322 g/mol. The van der Waals surface area contributed by atoms with Gasteiger partial charge in [0.15, 0.2) is 0 Å². The Morgan fingerprint density at radius 2 is 2.26 bits per heavy atom. The molecule has 126 valence electrons. The van der Waals surface area contributed by atoms with E-state index in [0.29, 0.717) is 43.7 Å². The van der Waals surface area contributed by atoms with Gasteiger partial charge in [-0.3, -0.25) is 9.59 Å². The van der Waals surface area contributed by atoms with Crippen molar-refractivity contribution in [3.8, 4) is 0 Å². The number of likely N-dealkylation sites (tertiary alicyclic amines) is 1.